The molecule has 15 heavy (non-hydrogen) atoms. The van der Waals surface area contributed by atoms with Gasteiger partial charge in [0.15, 0.2) is 5.13 Å². The molecule has 2 atom stereocenters. The monoisotopic (exact) mass is 227 g/mol. The van der Waals surface area contributed by atoms with Crippen molar-refractivity contribution < 1.29 is 5.11 Å². The molecule has 1 heterocycles. The molecule has 0 aliphatic heterocycles. The van der Waals surface area contributed by atoms with Crippen molar-refractivity contribution in [3.8, 4) is 0 Å². The van der Waals surface area contributed by atoms with E-state index in [2.05, 4.69) is 10.3 Å². The summed E-state index contributed by atoms with van der Waals surface area (Å²) in [6.45, 7) is 0.800. The summed E-state index contributed by atoms with van der Waals surface area (Å²) in [4.78, 5) is 4.13. The summed E-state index contributed by atoms with van der Waals surface area (Å²) in [6, 6.07) is 0. The number of thiazole rings is 1. The van der Waals surface area contributed by atoms with Crippen molar-refractivity contribution in [3.05, 3.63) is 6.20 Å². The number of hydrogen-bond acceptors (Lipinski definition) is 5. The normalized spacial score (nSPS) is 26.5. The average Bonchev–Trinajstić information content (AvgIpc) is 2.63. The Labute approximate surface area is 93.5 Å². The predicted molar refractivity (Wildman–Crippen MR) is 63.0 cm³/mol. The van der Waals surface area contributed by atoms with Crippen LogP contribution in [0.3, 0.4) is 0 Å². The maximum Gasteiger partial charge on any atom is 0.184 e. The molecule has 0 spiro atoms. The first-order valence-corrected chi connectivity index (χ1v) is 6.20. The first-order valence-electron chi connectivity index (χ1n) is 5.39. The lowest BCUT2D eigenvalue weighted by Gasteiger charge is -2.27. The summed E-state index contributed by atoms with van der Waals surface area (Å²) in [5.74, 6) is 0.365. The molecular weight excluding hydrogens is 210 g/mol. The van der Waals surface area contributed by atoms with Crippen molar-refractivity contribution in [3.63, 3.8) is 0 Å². The Kier molecular flexibility index (Phi) is 3.43. The number of hydrogen-bond donors (Lipinski definition) is 3. The Bertz CT molecular complexity index is 315. The van der Waals surface area contributed by atoms with Crippen LogP contribution in [-0.2, 0) is 0 Å². The third-order valence-corrected chi connectivity index (χ3v) is 3.69. The van der Waals surface area contributed by atoms with Crippen LogP contribution >= 0.6 is 11.3 Å². The number of aromatic nitrogens is 1. The van der Waals surface area contributed by atoms with Crippen molar-refractivity contribution in [2.75, 3.05) is 17.6 Å². The molecule has 1 aliphatic rings. The third-order valence-electron chi connectivity index (χ3n) is 2.91. The van der Waals surface area contributed by atoms with E-state index in [0.29, 0.717) is 5.92 Å². The topological polar surface area (TPSA) is 71.2 Å². The molecule has 1 fully saturated rings. The van der Waals surface area contributed by atoms with Gasteiger partial charge in [-0.2, -0.15) is 0 Å². The number of nitrogens with one attached hydrogen (secondary N) is 1. The fourth-order valence-electron chi connectivity index (χ4n) is 2.01. The van der Waals surface area contributed by atoms with Gasteiger partial charge in [-0.1, -0.05) is 24.2 Å². The van der Waals surface area contributed by atoms with Crippen molar-refractivity contribution >= 4 is 21.5 Å². The fourth-order valence-corrected chi connectivity index (χ4v) is 2.60. The van der Waals surface area contributed by atoms with Crippen LogP contribution in [0.1, 0.15) is 25.7 Å². The van der Waals surface area contributed by atoms with Gasteiger partial charge in [-0.15, -0.1) is 0 Å². The minimum absolute atomic E-state index is 0.149. The highest BCUT2D eigenvalue weighted by Crippen LogP contribution is 2.26. The maximum absolute atomic E-state index is 9.77. The van der Waals surface area contributed by atoms with Crippen LogP contribution in [0.2, 0.25) is 0 Å². The molecule has 2 unspecified atom stereocenters. The molecule has 0 bridgehead atoms. The van der Waals surface area contributed by atoms with Crippen LogP contribution in [0.25, 0.3) is 0 Å². The van der Waals surface area contributed by atoms with Gasteiger partial charge in [0.25, 0.3) is 0 Å². The van der Waals surface area contributed by atoms with Crippen LogP contribution in [0.5, 0.6) is 0 Å². The van der Waals surface area contributed by atoms with Crippen LogP contribution < -0.4 is 11.1 Å². The van der Waals surface area contributed by atoms with E-state index in [0.717, 1.165) is 35.9 Å². The Morgan fingerprint density at radius 2 is 2.33 bits per heavy atom. The van der Waals surface area contributed by atoms with Gasteiger partial charge in [0.05, 0.1) is 12.3 Å². The van der Waals surface area contributed by atoms with Crippen molar-refractivity contribution in [1.29, 1.82) is 0 Å². The van der Waals surface area contributed by atoms with Gasteiger partial charge in [-0.25, -0.2) is 4.98 Å². The summed E-state index contributed by atoms with van der Waals surface area (Å²) in [6.07, 6.45) is 5.93. The lowest BCUT2D eigenvalue weighted by atomic mass is 9.86. The molecule has 1 aromatic rings. The van der Waals surface area contributed by atoms with Gasteiger partial charge in [-0.3, -0.25) is 0 Å². The molecule has 1 aromatic heterocycles. The number of nitrogen functional groups attached to an aromatic ring is 1. The number of aliphatic hydroxyl groups excluding tert-OH is 1. The molecule has 4 N–H and O–H groups in total. The molecule has 0 aromatic carbocycles. The summed E-state index contributed by atoms with van der Waals surface area (Å²) in [5.41, 5.74) is 5.58. The molecule has 2 rings (SSSR count). The molecule has 4 nitrogen and oxygen atoms in total. The highest BCUT2D eigenvalue weighted by atomic mass is 32.1. The Morgan fingerprint density at radius 3 is 3.00 bits per heavy atom. The highest BCUT2D eigenvalue weighted by molar-refractivity contribution is 7.19. The Morgan fingerprint density at radius 1 is 1.53 bits per heavy atom. The summed E-state index contributed by atoms with van der Waals surface area (Å²) in [7, 11) is 0. The highest BCUT2D eigenvalue weighted by Gasteiger charge is 2.22. The predicted octanol–water partition coefficient (Wildman–Crippen LogP) is 1.69. The second-order valence-corrected chi connectivity index (χ2v) is 5.12. The number of anilines is 2. The van der Waals surface area contributed by atoms with Gasteiger partial charge in [0.1, 0.15) is 5.00 Å². The first kappa shape index (κ1) is 10.7. The number of nitrogens with zero attached hydrogens (tertiary/aromatic N) is 1. The largest absolute Gasteiger partial charge is 0.393 e. The second-order valence-electron chi connectivity index (χ2n) is 4.06. The van der Waals surface area contributed by atoms with Crippen LogP contribution in [0.4, 0.5) is 10.1 Å². The lowest BCUT2D eigenvalue weighted by Crippen LogP contribution is -2.30. The van der Waals surface area contributed by atoms with E-state index in [1.165, 1.54) is 17.8 Å². The standard InChI is InChI=1S/C10H17N3OS/c11-9-6-13-10(15-9)12-5-7-3-1-2-4-8(7)14/h6-8,14H,1-5,11H2,(H,12,13). The van der Waals surface area contributed by atoms with Gasteiger partial charge in [-0.05, 0) is 12.8 Å². The van der Waals surface area contributed by atoms with Crippen LogP contribution in [0.15, 0.2) is 6.20 Å². The summed E-state index contributed by atoms with van der Waals surface area (Å²) < 4.78 is 0. The van der Waals surface area contributed by atoms with Gasteiger partial charge >= 0.3 is 0 Å². The number of nitrogens with two attached hydrogens (primary N) is 1. The van der Waals surface area contributed by atoms with Gasteiger partial charge in [0, 0.05) is 12.5 Å². The molecule has 0 radical (unpaired) electrons. The van der Waals surface area contributed by atoms with Crippen LogP contribution in [-0.4, -0.2) is 22.7 Å². The van der Waals surface area contributed by atoms with E-state index in [-0.39, 0.29) is 6.10 Å². The quantitative estimate of drug-likeness (QED) is 0.735. The minimum Gasteiger partial charge on any atom is -0.393 e. The van der Waals surface area contributed by atoms with E-state index in [1.807, 2.05) is 0 Å². The van der Waals surface area contributed by atoms with Crippen molar-refractivity contribution in [2.24, 2.45) is 5.92 Å². The van der Waals surface area contributed by atoms with E-state index < -0.39 is 0 Å². The lowest BCUT2D eigenvalue weighted by molar-refractivity contribution is 0.0763. The molecule has 1 saturated carbocycles. The zero-order valence-electron chi connectivity index (χ0n) is 8.65. The fraction of sp³-hybridized carbons (Fsp3) is 0.700. The third kappa shape index (κ3) is 2.82. The Balaban J connectivity index is 1.81. The molecule has 84 valence electrons. The summed E-state index contributed by atoms with van der Waals surface area (Å²) >= 11 is 1.45. The van der Waals surface area contributed by atoms with E-state index in [9.17, 15) is 5.11 Å². The number of rotatable bonds is 3. The maximum atomic E-state index is 9.77. The number of aliphatic hydroxyl groups is 1. The minimum atomic E-state index is -0.149. The van der Waals surface area contributed by atoms with E-state index >= 15 is 0 Å². The van der Waals surface area contributed by atoms with Gasteiger partial charge < -0.3 is 16.2 Å². The zero-order valence-corrected chi connectivity index (χ0v) is 9.46. The molecule has 0 amide bonds. The zero-order chi connectivity index (χ0) is 10.7. The van der Waals surface area contributed by atoms with E-state index in [4.69, 9.17) is 5.73 Å². The van der Waals surface area contributed by atoms with Crippen molar-refractivity contribution in [1.82, 2.24) is 4.98 Å². The molecule has 1 aliphatic carbocycles. The molecule has 5 heteroatoms. The molecule has 0 saturated heterocycles. The van der Waals surface area contributed by atoms with Crippen molar-refractivity contribution in [2.45, 2.75) is 31.8 Å². The average molecular weight is 227 g/mol. The smallest absolute Gasteiger partial charge is 0.184 e. The van der Waals surface area contributed by atoms with E-state index in [1.54, 1.807) is 6.20 Å². The molecular formula is C10H17N3OS. The first-order chi connectivity index (χ1) is 7.25. The SMILES string of the molecule is Nc1cnc(NCC2CCCCC2O)s1. The second kappa shape index (κ2) is 4.81. The van der Waals surface area contributed by atoms with Crippen LogP contribution in [0, 0.1) is 5.92 Å². The van der Waals surface area contributed by atoms with Gasteiger partial charge in [0.2, 0.25) is 0 Å². The Hall–Kier alpha value is -0.810. The summed E-state index contributed by atoms with van der Waals surface area (Å²) in [5, 5.41) is 14.6.